The first-order valence-electron chi connectivity index (χ1n) is 9.61. The summed E-state index contributed by atoms with van der Waals surface area (Å²) < 4.78 is 11.5. The van der Waals surface area contributed by atoms with E-state index in [9.17, 15) is 4.79 Å². The fraction of sp³-hybridized carbons (Fsp3) is 0.125. The third-order valence-corrected chi connectivity index (χ3v) is 4.54. The van der Waals surface area contributed by atoms with Crippen LogP contribution in [-0.2, 0) is 4.79 Å². The second-order valence-electron chi connectivity index (χ2n) is 6.82. The predicted molar refractivity (Wildman–Crippen MR) is 113 cm³/mol. The summed E-state index contributed by atoms with van der Waals surface area (Å²) in [4.78, 5) is 12.6. The number of rotatable bonds is 7. The molecule has 0 spiro atoms. The average Bonchev–Trinajstić information content (AvgIpc) is 3.28. The average molecular weight is 399 g/mol. The van der Waals surface area contributed by atoms with Gasteiger partial charge in [0.25, 0.3) is 5.91 Å². The molecule has 0 saturated carbocycles. The Morgan fingerprint density at radius 3 is 2.30 bits per heavy atom. The molecule has 0 radical (unpaired) electrons. The Balaban J connectivity index is 1.51. The largest absolute Gasteiger partial charge is 0.484 e. The molecule has 0 aliphatic heterocycles. The first-order valence-corrected chi connectivity index (χ1v) is 9.61. The number of ether oxygens (including phenoxy) is 1. The lowest BCUT2D eigenvalue weighted by atomic mass is 10.1. The summed E-state index contributed by atoms with van der Waals surface area (Å²) >= 11 is 0. The summed E-state index contributed by atoms with van der Waals surface area (Å²) in [5.41, 5.74) is 2.78. The van der Waals surface area contributed by atoms with Crippen LogP contribution in [0.25, 0.3) is 11.5 Å². The SMILES string of the molecule is Cc1ccc(OCC(=O)N[C@H](c2ccccc2)c2nnc(-c3ccccc3)o2)cc1. The van der Waals surface area contributed by atoms with Crippen LogP contribution in [-0.4, -0.2) is 22.7 Å². The monoisotopic (exact) mass is 399 g/mol. The van der Waals surface area contributed by atoms with Crippen molar-refractivity contribution in [2.75, 3.05) is 6.61 Å². The lowest BCUT2D eigenvalue weighted by Crippen LogP contribution is -2.33. The van der Waals surface area contributed by atoms with Gasteiger partial charge in [-0.15, -0.1) is 10.2 Å². The molecule has 0 fully saturated rings. The molecule has 1 aromatic heterocycles. The topological polar surface area (TPSA) is 77.2 Å². The van der Waals surface area contributed by atoms with Crippen LogP contribution in [0.5, 0.6) is 5.75 Å². The summed E-state index contributed by atoms with van der Waals surface area (Å²) in [6, 6.07) is 26.0. The number of carbonyl (C=O) groups excluding carboxylic acids is 1. The molecule has 0 aliphatic carbocycles. The molecule has 3 aromatic carbocycles. The minimum Gasteiger partial charge on any atom is -0.484 e. The number of hydrogen-bond donors (Lipinski definition) is 1. The molecule has 1 heterocycles. The lowest BCUT2D eigenvalue weighted by Gasteiger charge is -2.16. The number of hydrogen-bond acceptors (Lipinski definition) is 5. The van der Waals surface area contributed by atoms with Crippen LogP contribution >= 0.6 is 0 Å². The summed E-state index contributed by atoms with van der Waals surface area (Å²) in [6.07, 6.45) is 0. The van der Waals surface area contributed by atoms with Gasteiger partial charge >= 0.3 is 0 Å². The zero-order valence-electron chi connectivity index (χ0n) is 16.5. The fourth-order valence-corrected chi connectivity index (χ4v) is 2.97. The lowest BCUT2D eigenvalue weighted by molar-refractivity contribution is -0.123. The van der Waals surface area contributed by atoms with Crippen molar-refractivity contribution >= 4 is 5.91 Å². The third-order valence-electron chi connectivity index (χ3n) is 4.54. The van der Waals surface area contributed by atoms with Gasteiger partial charge in [-0.2, -0.15) is 0 Å². The quantitative estimate of drug-likeness (QED) is 0.501. The van der Waals surface area contributed by atoms with Gasteiger partial charge < -0.3 is 14.5 Å². The van der Waals surface area contributed by atoms with Gasteiger partial charge in [0.15, 0.2) is 6.61 Å². The van der Waals surface area contributed by atoms with Gasteiger partial charge in [0.05, 0.1) is 0 Å². The Morgan fingerprint density at radius 2 is 1.60 bits per heavy atom. The van der Waals surface area contributed by atoms with Crippen molar-refractivity contribution in [1.82, 2.24) is 15.5 Å². The van der Waals surface area contributed by atoms with Crippen LogP contribution in [0.15, 0.2) is 89.3 Å². The van der Waals surface area contributed by atoms with Crippen molar-refractivity contribution in [1.29, 1.82) is 0 Å². The highest BCUT2D eigenvalue weighted by molar-refractivity contribution is 5.78. The van der Waals surface area contributed by atoms with Gasteiger partial charge in [0.2, 0.25) is 11.8 Å². The number of aryl methyl sites for hydroxylation is 1. The van der Waals surface area contributed by atoms with Crippen LogP contribution in [0.1, 0.15) is 23.1 Å². The Morgan fingerprint density at radius 1 is 0.933 bits per heavy atom. The minimum atomic E-state index is -0.578. The maximum atomic E-state index is 12.6. The van der Waals surface area contributed by atoms with Gasteiger partial charge in [0, 0.05) is 5.56 Å². The van der Waals surface area contributed by atoms with Crippen LogP contribution in [0.3, 0.4) is 0 Å². The molecule has 1 N–H and O–H groups in total. The molecule has 0 unspecified atom stereocenters. The highest BCUT2D eigenvalue weighted by Crippen LogP contribution is 2.25. The van der Waals surface area contributed by atoms with Gasteiger partial charge in [-0.1, -0.05) is 66.2 Å². The highest BCUT2D eigenvalue weighted by Gasteiger charge is 2.23. The predicted octanol–water partition coefficient (Wildman–Crippen LogP) is 4.33. The highest BCUT2D eigenvalue weighted by atomic mass is 16.5. The maximum absolute atomic E-state index is 12.6. The standard InChI is InChI=1S/C24H21N3O3/c1-17-12-14-20(15-13-17)29-16-21(28)25-22(18-8-4-2-5-9-18)24-27-26-23(30-24)19-10-6-3-7-11-19/h2-15,22H,16H2,1H3,(H,25,28)/t22-/m1/s1. The van der Waals surface area contributed by atoms with Crippen molar-refractivity contribution in [2.24, 2.45) is 0 Å². The van der Waals surface area contributed by atoms with Gasteiger partial charge in [-0.25, -0.2) is 0 Å². The van der Waals surface area contributed by atoms with Crippen molar-refractivity contribution in [3.63, 3.8) is 0 Å². The van der Waals surface area contributed by atoms with E-state index in [2.05, 4.69) is 15.5 Å². The summed E-state index contributed by atoms with van der Waals surface area (Å²) in [5.74, 6) is 1.06. The normalized spacial score (nSPS) is 11.6. The van der Waals surface area contributed by atoms with E-state index >= 15 is 0 Å². The molecule has 6 heteroatoms. The van der Waals surface area contributed by atoms with E-state index in [1.54, 1.807) is 0 Å². The molecule has 4 aromatic rings. The molecular weight excluding hydrogens is 378 g/mol. The second kappa shape index (κ2) is 9.05. The van der Waals surface area contributed by atoms with E-state index in [1.165, 1.54) is 0 Å². The zero-order chi connectivity index (χ0) is 20.8. The summed E-state index contributed by atoms with van der Waals surface area (Å²) in [6.45, 7) is 1.88. The summed E-state index contributed by atoms with van der Waals surface area (Å²) in [7, 11) is 0. The number of benzene rings is 3. The molecule has 0 aliphatic rings. The molecule has 6 nitrogen and oxygen atoms in total. The molecule has 0 saturated heterocycles. The Hall–Kier alpha value is -3.93. The van der Waals surface area contributed by atoms with Crippen LogP contribution in [0, 0.1) is 6.92 Å². The first-order chi connectivity index (χ1) is 14.7. The van der Waals surface area contributed by atoms with E-state index in [0.717, 1.165) is 16.7 Å². The smallest absolute Gasteiger partial charge is 0.258 e. The number of carbonyl (C=O) groups is 1. The number of aromatic nitrogens is 2. The molecule has 0 bridgehead atoms. The van der Waals surface area contributed by atoms with E-state index in [4.69, 9.17) is 9.15 Å². The van der Waals surface area contributed by atoms with E-state index in [1.807, 2.05) is 91.9 Å². The Kier molecular flexibility index (Phi) is 5.85. The second-order valence-corrected chi connectivity index (χ2v) is 6.82. The zero-order valence-corrected chi connectivity index (χ0v) is 16.5. The van der Waals surface area contributed by atoms with Crippen LogP contribution in [0.4, 0.5) is 0 Å². The van der Waals surface area contributed by atoms with Gasteiger partial charge in [-0.05, 0) is 36.8 Å². The molecule has 1 atom stereocenters. The molecule has 30 heavy (non-hydrogen) atoms. The minimum absolute atomic E-state index is 0.119. The molecule has 4 rings (SSSR count). The van der Waals surface area contributed by atoms with Crippen molar-refractivity contribution in [3.05, 3.63) is 102 Å². The van der Waals surface area contributed by atoms with E-state index < -0.39 is 6.04 Å². The van der Waals surface area contributed by atoms with Crippen LogP contribution < -0.4 is 10.1 Å². The Bertz CT molecular complexity index is 1090. The van der Waals surface area contributed by atoms with Crippen molar-refractivity contribution in [3.8, 4) is 17.2 Å². The van der Waals surface area contributed by atoms with Gasteiger partial charge in [-0.3, -0.25) is 4.79 Å². The third kappa shape index (κ3) is 4.72. The summed E-state index contributed by atoms with van der Waals surface area (Å²) in [5, 5.41) is 11.3. The molecular formula is C24H21N3O3. The molecule has 1 amide bonds. The van der Waals surface area contributed by atoms with Gasteiger partial charge in [0.1, 0.15) is 11.8 Å². The van der Waals surface area contributed by atoms with E-state index in [-0.39, 0.29) is 12.5 Å². The fourth-order valence-electron chi connectivity index (χ4n) is 2.97. The Labute approximate surface area is 174 Å². The van der Waals surface area contributed by atoms with Crippen molar-refractivity contribution < 1.29 is 13.9 Å². The van der Waals surface area contributed by atoms with E-state index in [0.29, 0.717) is 17.5 Å². The number of nitrogens with one attached hydrogen (secondary N) is 1. The molecule has 150 valence electrons. The van der Waals surface area contributed by atoms with Crippen molar-refractivity contribution in [2.45, 2.75) is 13.0 Å². The number of nitrogens with zero attached hydrogens (tertiary/aromatic N) is 2. The number of amides is 1. The van der Waals surface area contributed by atoms with Crippen LogP contribution in [0.2, 0.25) is 0 Å². The maximum Gasteiger partial charge on any atom is 0.258 e. The first kappa shape index (κ1) is 19.4.